The molecule has 10 heavy (non-hydrogen) atoms. The van der Waals surface area contributed by atoms with E-state index < -0.39 is 0 Å². The van der Waals surface area contributed by atoms with Gasteiger partial charge in [-0.3, -0.25) is 0 Å². The predicted octanol–water partition coefficient (Wildman–Crippen LogP) is 1.21. The molecular formula is C7H5N2O. The number of hydrogen-bond acceptors (Lipinski definition) is 3. The summed E-state index contributed by atoms with van der Waals surface area (Å²) in [5, 5.41) is 0. The summed E-state index contributed by atoms with van der Waals surface area (Å²) in [4.78, 5) is 3.89. The maximum absolute atomic E-state index is 5.30. The standard InChI is InChI=1S/C7H5N2O/c8-7-9-5-3-1-2-4-6(5)10-7/h2-4H,(H2,8,9). The number of nitrogens with two attached hydrogens (primary N) is 1. The monoisotopic (exact) mass is 133 g/mol. The Morgan fingerprint density at radius 2 is 2.50 bits per heavy atom. The van der Waals surface area contributed by atoms with Gasteiger partial charge in [-0.15, -0.1) is 0 Å². The molecule has 1 aromatic heterocycles. The molecule has 1 radical (unpaired) electrons. The number of fused-ring (bicyclic) bond motifs is 1. The number of anilines is 1. The lowest BCUT2D eigenvalue weighted by atomic mass is 10.3. The number of aromatic nitrogens is 1. The van der Waals surface area contributed by atoms with E-state index in [1.54, 1.807) is 18.2 Å². The maximum atomic E-state index is 5.30. The van der Waals surface area contributed by atoms with Crippen molar-refractivity contribution in [1.29, 1.82) is 0 Å². The first-order valence-corrected chi connectivity index (χ1v) is 2.88. The summed E-state index contributed by atoms with van der Waals surface area (Å²) < 4.78 is 5.01. The normalized spacial score (nSPS) is 10.4. The molecule has 0 saturated heterocycles. The smallest absolute Gasteiger partial charge is 0.292 e. The SMILES string of the molecule is Nc1nc2c[c]ccc2o1. The summed E-state index contributed by atoms with van der Waals surface area (Å²) in [6.07, 6.45) is 0. The second kappa shape index (κ2) is 1.73. The van der Waals surface area contributed by atoms with Crippen molar-refractivity contribution < 1.29 is 4.42 Å². The summed E-state index contributed by atoms with van der Waals surface area (Å²) >= 11 is 0. The number of oxazole rings is 1. The summed E-state index contributed by atoms with van der Waals surface area (Å²) in [7, 11) is 0. The van der Waals surface area contributed by atoms with Gasteiger partial charge in [0, 0.05) is 0 Å². The lowest BCUT2D eigenvalue weighted by Gasteiger charge is -1.78. The van der Waals surface area contributed by atoms with Gasteiger partial charge in [0.1, 0.15) is 5.52 Å². The van der Waals surface area contributed by atoms with E-state index in [1.165, 1.54) is 0 Å². The molecule has 0 saturated carbocycles. The molecule has 3 heteroatoms. The molecule has 49 valence electrons. The van der Waals surface area contributed by atoms with Crippen LogP contribution in [-0.2, 0) is 0 Å². The third-order valence-electron chi connectivity index (χ3n) is 1.25. The Bertz CT molecular complexity index is 320. The highest BCUT2D eigenvalue weighted by molar-refractivity contribution is 5.73. The molecule has 0 atom stereocenters. The first-order valence-electron chi connectivity index (χ1n) is 2.88. The van der Waals surface area contributed by atoms with Crippen LogP contribution >= 0.6 is 0 Å². The van der Waals surface area contributed by atoms with E-state index in [-0.39, 0.29) is 6.01 Å². The van der Waals surface area contributed by atoms with Crippen LogP contribution in [0.2, 0.25) is 0 Å². The molecule has 0 fully saturated rings. The van der Waals surface area contributed by atoms with Gasteiger partial charge >= 0.3 is 0 Å². The lowest BCUT2D eigenvalue weighted by molar-refractivity contribution is 0.626. The van der Waals surface area contributed by atoms with Crippen molar-refractivity contribution in [2.45, 2.75) is 0 Å². The van der Waals surface area contributed by atoms with Crippen LogP contribution in [0.3, 0.4) is 0 Å². The van der Waals surface area contributed by atoms with Gasteiger partial charge in [-0.2, -0.15) is 4.98 Å². The van der Waals surface area contributed by atoms with Crippen molar-refractivity contribution >= 4 is 17.1 Å². The molecular weight excluding hydrogens is 128 g/mol. The minimum atomic E-state index is 0.203. The van der Waals surface area contributed by atoms with Crippen LogP contribution in [0.15, 0.2) is 22.6 Å². The van der Waals surface area contributed by atoms with E-state index in [9.17, 15) is 0 Å². The fourth-order valence-electron chi connectivity index (χ4n) is 0.835. The fraction of sp³-hybridized carbons (Fsp3) is 0. The zero-order chi connectivity index (χ0) is 6.97. The van der Waals surface area contributed by atoms with Gasteiger partial charge in [0.15, 0.2) is 5.58 Å². The van der Waals surface area contributed by atoms with E-state index >= 15 is 0 Å². The fourth-order valence-corrected chi connectivity index (χ4v) is 0.835. The van der Waals surface area contributed by atoms with Crippen molar-refractivity contribution in [1.82, 2.24) is 4.98 Å². The molecule has 0 aliphatic carbocycles. The second-order valence-electron chi connectivity index (χ2n) is 1.95. The number of nitrogen functional groups attached to an aromatic ring is 1. The van der Waals surface area contributed by atoms with Crippen molar-refractivity contribution in [3.63, 3.8) is 0 Å². The molecule has 0 spiro atoms. The van der Waals surface area contributed by atoms with Gasteiger partial charge in [-0.25, -0.2) is 0 Å². The molecule has 2 aromatic rings. The van der Waals surface area contributed by atoms with Crippen LogP contribution in [0.5, 0.6) is 0 Å². The van der Waals surface area contributed by atoms with E-state index in [1.807, 2.05) is 0 Å². The quantitative estimate of drug-likeness (QED) is 0.587. The van der Waals surface area contributed by atoms with Gasteiger partial charge in [-0.1, -0.05) is 6.07 Å². The molecule has 0 amide bonds. The first kappa shape index (κ1) is 5.29. The van der Waals surface area contributed by atoms with Crippen molar-refractivity contribution in [2.75, 3.05) is 5.73 Å². The number of benzene rings is 1. The Balaban J connectivity index is 2.88. The number of hydrogen-bond donors (Lipinski definition) is 1. The Labute approximate surface area is 57.5 Å². The number of nitrogens with zero attached hydrogens (tertiary/aromatic N) is 1. The van der Waals surface area contributed by atoms with Crippen LogP contribution in [-0.4, -0.2) is 4.98 Å². The van der Waals surface area contributed by atoms with Gasteiger partial charge in [0.05, 0.1) is 0 Å². The lowest BCUT2D eigenvalue weighted by Crippen LogP contribution is -1.80. The van der Waals surface area contributed by atoms with E-state index in [2.05, 4.69) is 11.1 Å². The van der Waals surface area contributed by atoms with Crippen LogP contribution in [0, 0.1) is 6.07 Å². The molecule has 0 aliphatic rings. The minimum Gasteiger partial charge on any atom is -0.424 e. The van der Waals surface area contributed by atoms with Gasteiger partial charge in [0.25, 0.3) is 6.01 Å². The van der Waals surface area contributed by atoms with Crippen molar-refractivity contribution in [2.24, 2.45) is 0 Å². The minimum absolute atomic E-state index is 0.203. The largest absolute Gasteiger partial charge is 0.424 e. The summed E-state index contributed by atoms with van der Waals surface area (Å²) in [5.41, 5.74) is 6.75. The maximum Gasteiger partial charge on any atom is 0.292 e. The van der Waals surface area contributed by atoms with Gasteiger partial charge in [-0.05, 0) is 18.2 Å². The van der Waals surface area contributed by atoms with Crippen molar-refractivity contribution in [3.05, 3.63) is 24.3 Å². The molecule has 1 aromatic carbocycles. The highest BCUT2D eigenvalue weighted by Gasteiger charge is 1.98. The molecule has 1 heterocycles. The van der Waals surface area contributed by atoms with E-state index in [4.69, 9.17) is 10.2 Å². The van der Waals surface area contributed by atoms with Gasteiger partial charge in [0.2, 0.25) is 0 Å². The third kappa shape index (κ3) is 0.639. The van der Waals surface area contributed by atoms with Crippen molar-refractivity contribution in [3.8, 4) is 0 Å². The first-order chi connectivity index (χ1) is 4.86. The second-order valence-corrected chi connectivity index (χ2v) is 1.95. The van der Waals surface area contributed by atoms with Crippen LogP contribution in [0.25, 0.3) is 11.1 Å². The molecule has 2 N–H and O–H groups in total. The molecule has 0 unspecified atom stereocenters. The topological polar surface area (TPSA) is 52.0 Å². The predicted molar refractivity (Wildman–Crippen MR) is 37.3 cm³/mol. The third-order valence-corrected chi connectivity index (χ3v) is 1.25. The zero-order valence-electron chi connectivity index (χ0n) is 5.16. The average molecular weight is 133 g/mol. The van der Waals surface area contributed by atoms with E-state index in [0.29, 0.717) is 5.58 Å². The van der Waals surface area contributed by atoms with Gasteiger partial charge < -0.3 is 10.2 Å². The van der Waals surface area contributed by atoms with E-state index in [0.717, 1.165) is 5.52 Å². The average Bonchev–Trinajstić information content (AvgIpc) is 2.27. The zero-order valence-corrected chi connectivity index (χ0v) is 5.16. The molecule has 3 nitrogen and oxygen atoms in total. The highest BCUT2D eigenvalue weighted by Crippen LogP contribution is 2.14. The van der Waals surface area contributed by atoms with Crippen LogP contribution in [0.4, 0.5) is 6.01 Å². The Morgan fingerprint density at radius 1 is 1.60 bits per heavy atom. The molecule has 0 aliphatic heterocycles. The molecule has 2 rings (SSSR count). The Morgan fingerprint density at radius 3 is 3.30 bits per heavy atom. The van der Waals surface area contributed by atoms with Crippen LogP contribution in [0.1, 0.15) is 0 Å². The summed E-state index contributed by atoms with van der Waals surface area (Å²) in [6, 6.07) is 8.34. The number of rotatable bonds is 0. The molecule has 0 bridgehead atoms. The highest BCUT2D eigenvalue weighted by atomic mass is 16.4. The Hall–Kier alpha value is -1.51. The summed E-state index contributed by atoms with van der Waals surface area (Å²) in [6.45, 7) is 0. The Kier molecular flexibility index (Phi) is 0.917. The van der Waals surface area contributed by atoms with Crippen LogP contribution < -0.4 is 5.73 Å². The summed E-state index contributed by atoms with van der Waals surface area (Å²) in [5.74, 6) is 0.